The molecule has 1 N–H and O–H groups in total. The molecule has 1 aliphatic carbocycles. The van der Waals surface area contributed by atoms with Crippen LogP contribution in [0.3, 0.4) is 0 Å². The van der Waals surface area contributed by atoms with E-state index in [-0.39, 0.29) is 6.10 Å². The average Bonchev–Trinajstić information content (AvgIpc) is 2.19. The summed E-state index contributed by atoms with van der Waals surface area (Å²) in [6.07, 6.45) is 12.7. The van der Waals surface area contributed by atoms with Crippen LogP contribution in [-0.2, 0) is 0 Å². The lowest BCUT2D eigenvalue weighted by molar-refractivity contribution is 0.110. The molecule has 1 nitrogen and oxygen atoms in total. The Balaban J connectivity index is 2.17. The summed E-state index contributed by atoms with van der Waals surface area (Å²) in [7, 11) is 0. The van der Waals surface area contributed by atoms with Gasteiger partial charge >= 0.3 is 0 Å². The molecule has 1 rings (SSSR count). The maximum atomic E-state index is 9.85. The first-order valence-corrected chi connectivity index (χ1v) is 5.69. The molecule has 0 saturated heterocycles. The van der Waals surface area contributed by atoms with E-state index in [0.717, 1.165) is 6.42 Å². The first-order chi connectivity index (χ1) is 6.34. The van der Waals surface area contributed by atoms with Crippen LogP contribution in [0.15, 0.2) is 12.2 Å². The highest BCUT2D eigenvalue weighted by Crippen LogP contribution is 2.23. The zero-order valence-electron chi connectivity index (χ0n) is 8.71. The van der Waals surface area contributed by atoms with Crippen molar-refractivity contribution in [3.05, 3.63) is 12.2 Å². The first kappa shape index (κ1) is 10.8. The number of aliphatic hydroxyl groups excluding tert-OH is 1. The van der Waals surface area contributed by atoms with E-state index in [4.69, 9.17) is 0 Å². The van der Waals surface area contributed by atoms with Gasteiger partial charge in [0.1, 0.15) is 0 Å². The molecule has 1 heteroatoms. The quantitative estimate of drug-likeness (QED) is 0.511. The van der Waals surface area contributed by atoms with Crippen LogP contribution in [0.4, 0.5) is 0 Å². The Morgan fingerprint density at radius 3 is 2.92 bits per heavy atom. The van der Waals surface area contributed by atoms with Crippen LogP contribution >= 0.6 is 0 Å². The average molecular weight is 182 g/mol. The summed E-state index contributed by atoms with van der Waals surface area (Å²) in [5.41, 5.74) is 0. The summed E-state index contributed by atoms with van der Waals surface area (Å²) in [6, 6.07) is 0. The Kier molecular flexibility index (Phi) is 5.14. The Bertz CT molecular complexity index is 151. The minimum atomic E-state index is -0.0805. The number of rotatable bonds is 5. The summed E-state index contributed by atoms with van der Waals surface area (Å²) in [5, 5.41) is 9.85. The highest BCUT2D eigenvalue weighted by atomic mass is 16.3. The lowest BCUT2D eigenvalue weighted by Crippen LogP contribution is -2.19. The molecular weight excluding hydrogens is 160 g/mol. The molecule has 0 aromatic rings. The van der Waals surface area contributed by atoms with Gasteiger partial charge in [-0.25, -0.2) is 0 Å². The Morgan fingerprint density at radius 1 is 1.46 bits per heavy atom. The van der Waals surface area contributed by atoms with Gasteiger partial charge in [0.25, 0.3) is 0 Å². The second kappa shape index (κ2) is 6.20. The van der Waals surface area contributed by atoms with E-state index in [0.29, 0.717) is 5.92 Å². The van der Waals surface area contributed by atoms with Gasteiger partial charge in [-0.2, -0.15) is 0 Å². The van der Waals surface area contributed by atoms with E-state index in [1.54, 1.807) is 0 Å². The normalized spacial score (nSPS) is 24.6. The van der Waals surface area contributed by atoms with Crippen LogP contribution in [0, 0.1) is 5.92 Å². The van der Waals surface area contributed by atoms with Gasteiger partial charge in [-0.3, -0.25) is 0 Å². The van der Waals surface area contributed by atoms with E-state index < -0.39 is 0 Å². The van der Waals surface area contributed by atoms with Crippen molar-refractivity contribution in [2.75, 3.05) is 0 Å². The Labute approximate surface area is 81.9 Å². The molecule has 0 aliphatic heterocycles. The van der Waals surface area contributed by atoms with Crippen LogP contribution in [0.1, 0.15) is 51.9 Å². The third-order valence-corrected chi connectivity index (χ3v) is 2.89. The number of hydrogen-bond acceptors (Lipinski definition) is 1. The molecule has 0 saturated carbocycles. The monoisotopic (exact) mass is 182 g/mol. The number of aliphatic hydroxyl groups is 1. The minimum Gasteiger partial charge on any atom is -0.393 e. The zero-order chi connectivity index (χ0) is 9.52. The fourth-order valence-corrected chi connectivity index (χ4v) is 1.98. The number of allylic oxidation sites excluding steroid dienone is 1. The second-order valence-electron chi connectivity index (χ2n) is 4.09. The standard InChI is InChI=1S/C12H22O/c1-2-3-5-10-12(13)11-8-6-4-7-9-11/h6,8,11-13H,2-5,7,9-10H2,1H3/t11-,12-/m1/s1. The predicted molar refractivity (Wildman–Crippen MR) is 56.6 cm³/mol. The van der Waals surface area contributed by atoms with Gasteiger partial charge in [0, 0.05) is 5.92 Å². The summed E-state index contributed by atoms with van der Waals surface area (Å²) in [4.78, 5) is 0. The molecule has 0 amide bonds. The van der Waals surface area contributed by atoms with Crippen molar-refractivity contribution in [1.82, 2.24) is 0 Å². The number of hydrogen-bond donors (Lipinski definition) is 1. The van der Waals surface area contributed by atoms with Crippen molar-refractivity contribution in [2.45, 2.75) is 58.0 Å². The molecule has 0 fully saturated rings. The van der Waals surface area contributed by atoms with Gasteiger partial charge in [-0.15, -0.1) is 0 Å². The molecule has 0 aromatic heterocycles. The molecule has 2 atom stereocenters. The van der Waals surface area contributed by atoms with E-state index >= 15 is 0 Å². The molecule has 0 bridgehead atoms. The highest BCUT2D eigenvalue weighted by molar-refractivity contribution is 4.95. The molecule has 13 heavy (non-hydrogen) atoms. The third kappa shape index (κ3) is 3.95. The van der Waals surface area contributed by atoms with Crippen molar-refractivity contribution in [3.63, 3.8) is 0 Å². The van der Waals surface area contributed by atoms with Crippen molar-refractivity contribution < 1.29 is 5.11 Å². The fourth-order valence-electron chi connectivity index (χ4n) is 1.98. The van der Waals surface area contributed by atoms with Gasteiger partial charge in [0.15, 0.2) is 0 Å². The number of unbranched alkanes of at least 4 members (excludes halogenated alkanes) is 2. The molecule has 0 aromatic carbocycles. The molecule has 76 valence electrons. The highest BCUT2D eigenvalue weighted by Gasteiger charge is 2.17. The third-order valence-electron chi connectivity index (χ3n) is 2.89. The SMILES string of the molecule is CCCCC[C@@H](O)[C@@H]1C=CCCC1. The van der Waals surface area contributed by atoms with Crippen LogP contribution in [0.2, 0.25) is 0 Å². The first-order valence-electron chi connectivity index (χ1n) is 5.69. The van der Waals surface area contributed by atoms with Crippen LogP contribution < -0.4 is 0 Å². The maximum absolute atomic E-state index is 9.85. The summed E-state index contributed by atoms with van der Waals surface area (Å²) < 4.78 is 0. The minimum absolute atomic E-state index is 0.0805. The van der Waals surface area contributed by atoms with Crippen LogP contribution in [-0.4, -0.2) is 11.2 Å². The van der Waals surface area contributed by atoms with Crippen LogP contribution in [0.5, 0.6) is 0 Å². The second-order valence-corrected chi connectivity index (χ2v) is 4.09. The van der Waals surface area contributed by atoms with Gasteiger partial charge in [0.2, 0.25) is 0 Å². The topological polar surface area (TPSA) is 20.2 Å². The Hall–Kier alpha value is -0.300. The van der Waals surface area contributed by atoms with Gasteiger partial charge in [-0.05, 0) is 25.7 Å². The van der Waals surface area contributed by atoms with Crippen molar-refractivity contribution in [3.8, 4) is 0 Å². The lowest BCUT2D eigenvalue weighted by Gasteiger charge is -2.22. The largest absolute Gasteiger partial charge is 0.393 e. The van der Waals surface area contributed by atoms with Gasteiger partial charge < -0.3 is 5.11 Å². The molecule has 1 aliphatic rings. The molecule has 0 unspecified atom stereocenters. The van der Waals surface area contributed by atoms with E-state index in [2.05, 4.69) is 19.1 Å². The summed E-state index contributed by atoms with van der Waals surface area (Å²) >= 11 is 0. The van der Waals surface area contributed by atoms with Gasteiger partial charge in [0.05, 0.1) is 6.10 Å². The van der Waals surface area contributed by atoms with E-state index in [9.17, 15) is 5.11 Å². The zero-order valence-corrected chi connectivity index (χ0v) is 8.71. The van der Waals surface area contributed by atoms with Crippen molar-refractivity contribution in [2.24, 2.45) is 5.92 Å². The fraction of sp³-hybridized carbons (Fsp3) is 0.833. The Morgan fingerprint density at radius 2 is 2.31 bits per heavy atom. The summed E-state index contributed by atoms with van der Waals surface area (Å²) in [5.74, 6) is 0.450. The smallest absolute Gasteiger partial charge is 0.0602 e. The maximum Gasteiger partial charge on any atom is 0.0602 e. The van der Waals surface area contributed by atoms with Gasteiger partial charge in [-0.1, -0.05) is 38.3 Å². The molecular formula is C12H22O. The van der Waals surface area contributed by atoms with Crippen LogP contribution in [0.25, 0.3) is 0 Å². The van der Waals surface area contributed by atoms with E-state index in [1.165, 1.54) is 38.5 Å². The predicted octanol–water partition coefficient (Wildman–Crippen LogP) is 3.28. The molecule has 0 spiro atoms. The lowest BCUT2D eigenvalue weighted by atomic mass is 9.88. The van der Waals surface area contributed by atoms with E-state index in [1.807, 2.05) is 0 Å². The molecule has 0 heterocycles. The van der Waals surface area contributed by atoms with Crippen molar-refractivity contribution in [1.29, 1.82) is 0 Å². The van der Waals surface area contributed by atoms with Crippen molar-refractivity contribution >= 4 is 0 Å². The molecule has 0 radical (unpaired) electrons. The summed E-state index contributed by atoms with van der Waals surface area (Å²) in [6.45, 7) is 2.20.